The minimum atomic E-state index is -1.20. The fourth-order valence-electron chi connectivity index (χ4n) is 5.44. The molecule has 0 saturated heterocycles. The maximum Gasteiger partial charge on any atom is 0.412 e. The molecule has 0 radical (unpaired) electrons. The average Bonchev–Trinajstić information content (AvgIpc) is 2.80. The highest BCUT2D eigenvalue weighted by Gasteiger charge is 2.58. The predicted octanol–water partition coefficient (Wildman–Crippen LogP) is 3.85. The Morgan fingerprint density at radius 2 is 1.88 bits per heavy atom. The zero-order valence-electron chi connectivity index (χ0n) is 25.7. The third kappa shape index (κ3) is 8.76. The number of methoxy groups -OCH3 is 1. The van der Waals surface area contributed by atoms with Crippen molar-refractivity contribution in [2.45, 2.75) is 92.3 Å². The van der Waals surface area contributed by atoms with Gasteiger partial charge in [0.2, 0.25) is 11.6 Å². The normalized spacial score (nSPS) is 24.4. The molecule has 0 aromatic rings. The van der Waals surface area contributed by atoms with Gasteiger partial charge in [0.15, 0.2) is 12.3 Å². The van der Waals surface area contributed by atoms with E-state index in [9.17, 15) is 24.4 Å². The standard InChI is InChI=1S/C29H47N3O9/c1-9-11-19(12-10-13-21(33)34)26(36)32(38)17-18(2)40-24-22(25(35)30-14-15-39-8)29(6,7)16-20(23(24)32)31-27(37)41-28(3,4)5/h16,18-19,22,38H,9-15,17H2,1-8H3,(H2-,30,31,33,34,35,37)/p+1/t18-,19+,22-,32+/m1/s1. The summed E-state index contributed by atoms with van der Waals surface area (Å²) in [6, 6.07) is 0. The second kappa shape index (κ2) is 13.8. The van der Waals surface area contributed by atoms with Gasteiger partial charge in [0.05, 0.1) is 12.5 Å². The Bertz CT molecular complexity index is 1060. The summed E-state index contributed by atoms with van der Waals surface area (Å²) in [7, 11) is 1.52. The first-order chi connectivity index (χ1) is 19.0. The van der Waals surface area contributed by atoms with Crippen molar-refractivity contribution in [3.8, 4) is 0 Å². The number of aliphatic carboxylic acids is 1. The molecule has 2 aliphatic rings. The van der Waals surface area contributed by atoms with Crippen LogP contribution >= 0.6 is 0 Å². The molecule has 1 aliphatic heterocycles. The molecule has 0 aromatic carbocycles. The van der Waals surface area contributed by atoms with Gasteiger partial charge in [-0.3, -0.25) is 14.9 Å². The van der Waals surface area contributed by atoms with Crippen molar-refractivity contribution in [3.63, 3.8) is 0 Å². The van der Waals surface area contributed by atoms with E-state index in [-0.39, 0.29) is 62.0 Å². The molecule has 232 valence electrons. The van der Waals surface area contributed by atoms with Crippen LogP contribution in [-0.2, 0) is 28.6 Å². The summed E-state index contributed by atoms with van der Waals surface area (Å²) in [6.07, 6.45) is 1.69. The number of ether oxygens (including phenoxy) is 3. The Kier molecular flexibility index (Phi) is 11.5. The zero-order valence-corrected chi connectivity index (χ0v) is 25.7. The Morgan fingerprint density at radius 3 is 2.44 bits per heavy atom. The number of hydrogen-bond donors (Lipinski definition) is 4. The molecule has 3 amide bonds. The summed E-state index contributed by atoms with van der Waals surface area (Å²) in [5.41, 5.74) is -1.63. The van der Waals surface area contributed by atoms with Gasteiger partial charge < -0.3 is 24.6 Å². The third-order valence-electron chi connectivity index (χ3n) is 7.03. The second-order valence-electron chi connectivity index (χ2n) is 12.4. The van der Waals surface area contributed by atoms with Crippen LogP contribution in [0.25, 0.3) is 0 Å². The minimum Gasteiger partial charge on any atom is -0.482 e. The molecule has 0 spiro atoms. The van der Waals surface area contributed by atoms with Crippen LogP contribution in [0.3, 0.4) is 0 Å². The highest BCUT2D eigenvalue weighted by molar-refractivity contribution is 5.84. The molecule has 12 heteroatoms. The summed E-state index contributed by atoms with van der Waals surface area (Å²) >= 11 is 0. The number of carbonyl (C=O) groups excluding carboxylic acids is 3. The number of carboxylic acid groups (broad SMARTS) is 1. The first kappa shape index (κ1) is 34.2. The molecule has 0 aromatic heterocycles. The maximum atomic E-state index is 14.2. The molecule has 0 unspecified atom stereocenters. The molecule has 4 N–H and O–H groups in total. The largest absolute Gasteiger partial charge is 0.482 e. The van der Waals surface area contributed by atoms with Crippen molar-refractivity contribution in [1.82, 2.24) is 10.6 Å². The van der Waals surface area contributed by atoms with Crippen molar-refractivity contribution in [2.24, 2.45) is 17.3 Å². The summed E-state index contributed by atoms with van der Waals surface area (Å²) < 4.78 is 15.5. The van der Waals surface area contributed by atoms with Crippen molar-refractivity contribution in [2.75, 3.05) is 26.8 Å². The number of quaternary nitrogens is 1. The van der Waals surface area contributed by atoms with E-state index in [1.807, 2.05) is 6.92 Å². The fraction of sp³-hybridized carbons (Fsp3) is 0.724. The van der Waals surface area contributed by atoms with Crippen LogP contribution < -0.4 is 10.6 Å². The van der Waals surface area contributed by atoms with Crippen LogP contribution in [0.15, 0.2) is 23.2 Å². The van der Waals surface area contributed by atoms with Gasteiger partial charge in [-0.15, -0.1) is 0 Å². The van der Waals surface area contributed by atoms with E-state index in [1.165, 1.54) is 7.11 Å². The van der Waals surface area contributed by atoms with E-state index in [0.717, 1.165) is 0 Å². The molecule has 12 nitrogen and oxygen atoms in total. The maximum absolute atomic E-state index is 14.2. The first-order valence-electron chi connectivity index (χ1n) is 14.2. The fourth-order valence-corrected chi connectivity index (χ4v) is 5.44. The minimum absolute atomic E-state index is 0.0236. The van der Waals surface area contributed by atoms with Gasteiger partial charge in [-0.05, 0) is 53.0 Å². The van der Waals surface area contributed by atoms with Crippen LogP contribution in [0.2, 0.25) is 0 Å². The third-order valence-corrected chi connectivity index (χ3v) is 7.03. The number of amides is 3. The van der Waals surface area contributed by atoms with Crippen LogP contribution in [0.4, 0.5) is 4.79 Å². The predicted molar refractivity (Wildman–Crippen MR) is 149 cm³/mol. The van der Waals surface area contributed by atoms with E-state index < -0.39 is 51.6 Å². The second-order valence-corrected chi connectivity index (χ2v) is 12.4. The van der Waals surface area contributed by atoms with E-state index in [1.54, 1.807) is 47.6 Å². The monoisotopic (exact) mass is 582 g/mol. The average molecular weight is 583 g/mol. The van der Waals surface area contributed by atoms with Crippen molar-refractivity contribution in [3.05, 3.63) is 23.2 Å². The molecule has 41 heavy (non-hydrogen) atoms. The number of nitrogens with one attached hydrogen (secondary N) is 2. The Balaban J connectivity index is 2.68. The van der Waals surface area contributed by atoms with E-state index in [4.69, 9.17) is 19.3 Å². The van der Waals surface area contributed by atoms with Crippen molar-refractivity contribution in [1.29, 1.82) is 0 Å². The summed E-state index contributed by atoms with van der Waals surface area (Å²) in [5, 5.41) is 26.9. The molecular weight excluding hydrogens is 534 g/mol. The lowest BCUT2D eigenvalue weighted by Gasteiger charge is -2.45. The molecule has 0 fully saturated rings. The molecule has 1 aliphatic carbocycles. The van der Waals surface area contributed by atoms with E-state index in [0.29, 0.717) is 12.8 Å². The number of rotatable bonds is 12. The van der Waals surface area contributed by atoms with Crippen molar-refractivity contribution >= 4 is 23.9 Å². The first-order valence-corrected chi connectivity index (χ1v) is 14.2. The molecule has 4 atom stereocenters. The Labute approximate surface area is 242 Å². The number of hydrogen-bond acceptors (Lipinski definition) is 8. The van der Waals surface area contributed by atoms with Crippen LogP contribution in [0.5, 0.6) is 0 Å². The quantitative estimate of drug-likeness (QED) is 0.152. The number of nitrogens with zero attached hydrogens (tertiary/aromatic N) is 1. The molecule has 0 bridgehead atoms. The van der Waals surface area contributed by atoms with Crippen LogP contribution in [0.1, 0.15) is 80.6 Å². The van der Waals surface area contributed by atoms with Crippen LogP contribution in [-0.4, -0.2) is 77.3 Å². The van der Waals surface area contributed by atoms with Crippen LogP contribution in [0, 0.1) is 17.3 Å². The van der Waals surface area contributed by atoms with E-state index >= 15 is 0 Å². The van der Waals surface area contributed by atoms with Gasteiger partial charge in [-0.25, -0.2) is 14.8 Å². The number of carbonyl (C=O) groups is 4. The summed E-state index contributed by atoms with van der Waals surface area (Å²) in [4.78, 5) is 51.8. The van der Waals surface area contributed by atoms with Gasteiger partial charge in [0, 0.05) is 25.5 Å². The highest BCUT2D eigenvalue weighted by Crippen LogP contribution is 2.48. The number of hydroxylamine groups is 3. The Morgan fingerprint density at radius 1 is 1.22 bits per heavy atom. The number of allylic oxidation sites excluding steroid dienone is 1. The lowest BCUT2D eigenvalue weighted by atomic mass is 9.72. The summed E-state index contributed by atoms with van der Waals surface area (Å²) in [6.45, 7) is 12.7. The molecule has 2 rings (SSSR count). The molecule has 0 saturated carbocycles. The van der Waals surface area contributed by atoms with Gasteiger partial charge in [0.25, 0.3) is 0 Å². The SMILES string of the molecule is CCC[C@@H](CCCC(=O)O)C(=O)[N@+]1(O)C[C@@H](C)OC2=C1C(NC(=O)OC(C)(C)C)=CC(C)(C)[C@H]2C(=O)NCCOC. The van der Waals surface area contributed by atoms with Gasteiger partial charge in [-0.1, -0.05) is 31.8 Å². The Hall–Kier alpha value is -2.96. The highest BCUT2D eigenvalue weighted by atomic mass is 16.6. The lowest BCUT2D eigenvalue weighted by Crippen LogP contribution is -2.61. The van der Waals surface area contributed by atoms with Gasteiger partial charge >= 0.3 is 18.0 Å². The topological polar surface area (TPSA) is 160 Å². The van der Waals surface area contributed by atoms with Gasteiger partial charge in [-0.2, -0.15) is 0 Å². The number of carboxylic acids is 1. The summed E-state index contributed by atoms with van der Waals surface area (Å²) in [5.74, 6) is -3.39. The van der Waals surface area contributed by atoms with E-state index in [2.05, 4.69) is 10.6 Å². The van der Waals surface area contributed by atoms with Gasteiger partial charge in [0.1, 0.15) is 23.3 Å². The number of alkyl carbamates (subject to hydrolysis) is 1. The zero-order chi connectivity index (χ0) is 31.2. The lowest BCUT2D eigenvalue weighted by molar-refractivity contribution is -1.01. The molecular formula is C29H48N3O9+. The molecule has 1 heterocycles. The smallest absolute Gasteiger partial charge is 0.412 e. The van der Waals surface area contributed by atoms with Crippen molar-refractivity contribution < 1.29 is 48.3 Å².